The summed E-state index contributed by atoms with van der Waals surface area (Å²) in [6.07, 6.45) is 5.16. The van der Waals surface area contributed by atoms with Crippen molar-refractivity contribution < 1.29 is 4.74 Å². The largest absolute Gasteiger partial charge is 0.380 e. The van der Waals surface area contributed by atoms with E-state index in [1.165, 1.54) is 25.8 Å². The first-order valence-corrected chi connectivity index (χ1v) is 7.19. The summed E-state index contributed by atoms with van der Waals surface area (Å²) in [4.78, 5) is 2.44. The molecule has 0 bridgehead atoms. The van der Waals surface area contributed by atoms with E-state index in [2.05, 4.69) is 31.1 Å². The average molecular weight is 242 g/mol. The minimum absolute atomic E-state index is 0.660. The number of nitrogens with zero attached hydrogens (tertiary/aromatic N) is 1. The van der Waals surface area contributed by atoms with Crippen LogP contribution in [0.3, 0.4) is 0 Å². The molecule has 1 saturated heterocycles. The molecule has 1 fully saturated rings. The van der Waals surface area contributed by atoms with E-state index in [9.17, 15) is 0 Å². The van der Waals surface area contributed by atoms with E-state index in [-0.39, 0.29) is 0 Å². The lowest BCUT2D eigenvalue weighted by Gasteiger charge is -2.32. The van der Waals surface area contributed by atoms with Gasteiger partial charge in [0.25, 0.3) is 0 Å². The summed E-state index contributed by atoms with van der Waals surface area (Å²) in [5, 5.41) is 3.44. The van der Waals surface area contributed by atoms with Gasteiger partial charge in [-0.05, 0) is 51.9 Å². The number of ether oxygens (including phenoxy) is 1. The SMILES string of the molecule is CC(C)CNCCCOCC1CCCCN1C. The van der Waals surface area contributed by atoms with Crippen LogP contribution in [0.25, 0.3) is 0 Å². The quantitative estimate of drug-likeness (QED) is 0.660. The summed E-state index contributed by atoms with van der Waals surface area (Å²) in [6.45, 7) is 9.73. The zero-order chi connectivity index (χ0) is 12.5. The number of piperidine rings is 1. The first-order chi connectivity index (χ1) is 8.20. The maximum absolute atomic E-state index is 5.77. The third-order valence-electron chi connectivity index (χ3n) is 3.43. The number of nitrogens with one attached hydrogen (secondary N) is 1. The zero-order valence-corrected chi connectivity index (χ0v) is 11.9. The summed E-state index contributed by atoms with van der Waals surface area (Å²) in [6, 6.07) is 0.660. The summed E-state index contributed by atoms with van der Waals surface area (Å²) in [7, 11) is 2.22. The Labute approximate surface area is 107 Å². The molecule has 1 aliphatic rings. The summed E-state index contributed by atoms with van der Waals surface area (Å²) in [5.74, 6) is 0.742. The Morgan fingerprint density at radius 3 is 2.88 bits per heavy atom. The van der Waals surface area contributed by atoms with Gasteiger partial charge in [-0.25, -0.2) is 0 Å². The van der Waals surface area contributed by atoms with Gasteiger partial charge in [-0.1, -0.05) is 20.3 Å². The van der Waals surface area contributed by atoms with Crippen LogP contribution in [-0.2, 0) is 4.74 Å². The maximum Gasteiger partial charge on any atom is 0.0621 e. The van der Waals surface area contributed by atoms with Crippen molar-refractivity contribution in [1.82, 2.24) is 10.2 Å². The van der Waals surface area contributed by atoms with Gasteiger partial charge < -0.3 is 15.0 Å². The molecule has 3 heteroatoms. The van der Waals surface area contributed by atoms with Crippen molar-refractivity contribution in [3.05, 3.63) is 0 Å². The molecular formula is C14H30N2O. The maximum atomic E-state index is 5.77. The Kier molecular flexibility index (Phi) is 7.82. The van der Waals surface area contributed by atoms with E-state index >= 15 is 0 Å². The summed E-state index contributed by atoms with van der Waals surface area (Å²) >= 11 is 0. The molecule has 0 saturated carbocycles. The highest BCUT2D eigenvalue weighted by Crippen LogP contribution is 2.14. The van der Waals surface area contributed by atoms with Crippen LogP contribution in [-0.4, -0.2) is 50.8 Å². The fourth-order valence-corrected chi connectivity index (χ4v) is 2.26. The zero-order valence-electron chi connectivity index (χ0n) is 11.9. The van der Waals surface area contributed by atoms with Crippen LogP contribution in [0.5, 0.6) is 0 Å². The molecule has 17 heavy (non-hydrogen) atoms. The van der Waals surface area contributed by atoms with E-state index in [0.29, 0.717) is 6.04 Å². The molecule has 1 unspecified atom stereocenters. The highest BCUT2D eigenvalue weighted by Gasteiger charge is 2.18. The second-order valence-corrected chi connectivity index (χ2v) is 5.66. The predicted octanol–water partition coefficient (Wildman–Crippen LogP) is 2.12. The van der Waals surface area contributed by atoms with Crippen LogP contribution >= 0.6 is 0 Å². The standard InChI is InChI=1S/C14H30N2O/c1-13(2)11-15-8-6-10-17-12-14-7-4-5-9-16(14)3/h13-15H,4-12H2,1-3H3. The molecule has 0 aromatic carbocycles. The minimum Gasteiger partial charge on any atom is -0.380 e. The van der Waals surface area contributed by atoms with Crippen LogP contribution < -0.4 is 5.32 Å². The fraction of sp³-hybridized carbons (Fsp3) is 1.00. The van der Waals surface area contributed by atoms with Crippen molar-refractivity contribution in [2.75, 3.05) is 39.9 Å². The van der Waals surface area contributed by atoms with Crippen molar-refractivity contribution in [3.8, 4) is 0 Å². The van der Waals surface area contributed by atoms with Crippen molar-refractivity contribution in [1.29, 1.82) is 0 Å². The first kappa shape index (κ1) is 14.9. The lowest BCUT2D eigenvalue weighted by molar-refractivity contribution is 0.0520. The molecule has 102 valence electrons. The minimum atomic E-state index is 0.660. The fourth-order valence-electron chi connectivity index (χ4n) is 2.26. The van der Waals surface area contributed by atoms with Crippen LogP contribution in [0.15, 0.2) is 0 Å². The molecule has 1 atom stereocenters. The molecule has 1 heterocycles. The van der Waals surface area contributed by atoms with Gasteiger partial charge in [0.1, 0.15) is 0 Å². The van der Waals surface area contributed by atoms with Crippen molar-refractivity contribution in [2.45, 2.75) is 45.6 Å². The normalized spacial score (nSPS) is 22.2. The van der Waals surface area contributed by atoms with Gasteiger partial charge in [0.15, 0.2) is 0 Å². The van der Waals surface area contributed by atoms with Gasteiger partial charge >= 0.3 is 0 Å². The van der Waals surface area contributed by atoms with Crippen molar-refractivity contribution in [2.24, 2.45) is 5.92 Å². The van der Waals surface area contributed by atoms with E-state index in [4.69, 9.17) is 4.74 Å². The van der Waals surface area contributed by atoms with Gasteiger partial charge in [0.05, 0.1) is 6.61 Å². The Bertz CT molecular complexity index is 185. The number of likely N-dealkylation sites (tertiary alicyclic amines) is 1. The van der Waals surface area contributed by atoms with Crippen LogP contribution in [0.1, 0.15) is 39.5 Å². The smallest absolute Gasteiger partial charge is 0.0621 e. The van der Waals surface area contributed by atoms with E-state index in [1.54, 1.807) is 0 Å². The molecule has 1 N–H and O–H groups in total. The molecule has 0 aliphatic carbocycles. The third-order valence-corrected chi connectivity index (χ3v) is 3.43. The highest BCUT2D eigenvalue weighted by atomic mass is 16.5. The van der Waals surface area contributed by atoms with E-state index in [0.717, 1.165) is 38.6 Å². The third kappa shape index (κ3) is 7.02. The van der Waals surface area contributed by atoms with Gasteiger partial charge in [-0.2, -0.15) is 0 Å². The lowest BCUT2D eigenvalue weighted by Crippen LogP contribution is -2.39. The Balaban J connectivity index is 1.89. The molecule has 0 amide bonds. The molecule has 0 radical (unpaired) electrons. The van der Waals surface area contributed by atoms with Crippen molar-refractivity contribution in [3.63, 3.8) is 0 Å². The average Bonchev–Trinajstić information content (AvgIpc) is 2.30. The van der Waals surface area contributed by atoms with Gasteiger partial charge in [0.2, 0.25) is 0 Å². The Morgan fingerprint density at radius 2 is 2.18 bits per heavy atom. The predicted molar refractivity (Wildman–Crippen MR) is 73.4 cm³/mol. The lowest BCUT2D eigenvalue weighted by atomic mass is 10.0. The molecule has 0 aromatic rings. The molecule has 1 rings (SSSR count). The van der Waals surface area contributed by atoms with Gasteiger partial charge in [-0.15, -0.1) is 0 Å². The number of hydrogen-bond acceptors (Lipinski definition) is 3. The van der Waals surface area contributed by atoms with E-state index < -0.39 is 0 Å². The van der Waals surface area contributed by atoms with Crippen LogP contribution in [0.2, 0.25) is 0 Å². The Hall–Kier alpha value is -0.120. The summed E-state index contributed by atoms with van der Waals surface area (Å²) in [5.41, 5.74) is 0. The van der Waals surface area contributed by atoms with Crippen LogP contribution in [0, 0.1) is 5.92 Å². The monoisotopic (exact) mass is 242 g/mol. The molecule has 0 spiro atoms. The van der Waals surface area contributed by atoms with Gasteiger partial charge in [0, 0.05) is 12.6 Å². The summed E-state index contributed by atoms with van der Waals surface area (Å²) < 4.78 is 5.77. The van der Waals surface area contributed by atoms with Gasteiger partial charge in [-0.3, -0.25) is 0 Å². The first-order valence-electron chi connectivity index (χ1n) is 7.19. The topological polar surface area (TPSA) is 24.5 Å². The molecular weight excluding hydrogens is 212 g/mol. The van der Waals surface area contributed by atoms with Crippen LogP contribution in [0.4, 0.5) is 0 Å². The van der Waals surface area contributed by atoms with E-state index in [1.807, 2.05) is 0 Å². The highest BCUT2D eigenvalue weighted by molar-refractivity contribution is 4.73. The molecule has 3 nitrogen and oxygen atoms in total. The molecule has 0 aromatic heterocycles. The number of rotatable bonds is 8. The Morgan fingerprint density at radius 1 is 1.35 bits per heavy atom. The number of hydrogen-bond donors (Lipinski definition) is 1. The van der Waals surface area contributed by atoms with Crippen molar-refractivity contribution >= 4 is 0 Å². The second kappa shape index (κ2) is 8.90. The number of likely N-dealkylation sites (N-methyl/N-ethyl adjacent to an activating group) is 1. The second-order valence-electron chi connectivity index (χ2n) is 5.66. The molecule has 1 aliphatic heterocycles.